The average molecular weight is 285 g/mol. The van der Waals surface area contributed by atoms with E-state index in [1.165, 1.54) is 5.56 Å². The van der Waals surface area contributed by atoms with E-state index in [2.05, 4.69) is 45.6 Å². The van der Waals surface area contributed by atoms with Gasteiger partial charge in [-0.15, -0.1) is 0 Å². The summed E-state index contributed by atoms with van der Waals surface area (Å²) in [7, 11) is 1.65. The summed E-state index contributed by atoms with van der Waals surface area (Å²) >= 11 is 3.44. The second-order valence-corrected chi connectivity index (χ2v) is 4.57. The van der Waals surface area contributed by atoms with E-state index in [-0.39, 0.29) is 11.9 Å². The second-order valence-electron chi connectivity index (χ2n) is 3.65. The average Bonchev–Trinajstić information content (AvgIpc) is 2.28. The lowest BCUT2D eigenvalue weighted by molar-refractivity contribution is -0.120. The van der Waals surface area contributed by atoms with Crippen molar-refractivity contribution < 1.29 is 4.79 Å². The van der Waals surface area contributed by atoms with Crippen LogP contribution in [0.25, 0.3) is 0 Å². The second kappa shape index (κ2) is 6.66. The molecule has 2 N–H and O–H groups in total. The first-order valence-electron chi connectivity index (χ1n) is 5.33. The van der Waals surface area contributed by atoms with Crippen molar-refractivity contribution in [1.82, 2.24) is 10.6 Å². The molecule has 0 aliphatic heterocycles. The standard InChI is InChI=1S/C12H17BrN2O/c1-9(15-7-6-12(16)14-2)10-4-3-5-11(13)8-10/h3-5,8-9,15H,6-7H2,1-2H3,(H,14,16)/t9-/m1/s1. The molecule has 1 rings (SSSR count). The van der Waals surface area contributed by atoms with Crippen molar-refractivity contribution in [2.75, 3.05) is 13.6 Å². The first kappa shape index (κ1) is 13.2. The van der Waals surface area contributed by atoms with Crippen molar-refractivity contribution in [3.05, 3.63) is 34.3 Å². The number of halogens is 1. The van der Waals surface area contributed by atoms with E-state index >= 15 is 0 Å². The fourth-order valence-corrected chi connectivity index (χ4v) is 1.84. The van der Waals surface area contributed by atoms with Crippen molar-refractivity contribution in [3.8, 4) is 0 Å². The minimum atomic E-state index is 0.0638. The summed E-state index contributed by atoms with van der Waals surface area (Å²) in [6.07, 6.45) is 0.509. The van der Waals surface area contributed by atoms with Crippen LogP contribution < -0.4 is 10.6 Å². The molecule has 1 atom stereocenters. The normalized spacial score (nSPS) is 12.2. The summed E-state index contributed by atoms with van der Waals surface area (Å²) in [5, 5.41) is 5.91. The summed E-state index contributed by atoms with van der Waals surface area (Å²) in [5.74, 6) is 0.0638. The number of carbonyl (C=O) groups is 1. The largest absolute Gasteiger partial charge is 0.359 e. The van der Waals surface area contributed by atoms with Crippen LogP contribution in [-0.2, 0) is 4.79 Å². The molecule has 16 heavy (non-hydrogen) atoms. The molecule has 0 aliphatic rings. The number of carbonyl (C=O) groups excluding carboxylic acids is 1. The Balaban J connectivity index is 2.40. The molecule has 0 saturated heterocycles. The molecule has 1 aromatic rings. The van der Waals surface area contributed by atoms with Crippen LogP contribution in [0, 0.1) is 0 Å². The third-order valence-corrected chi connectivity index (χ3v) is 2.92. The smallest absolute Gasteiger partial charge is 0.221 e. The highest BCUT2D eigenvalue weighted by molar-refractivity contribution is 9.10. The van der Waals surface area contributed by atoms with Gasteiger partial charge in [0, 0.05) is 30.5 Å². The van der Waals surface area contributed by atoms with Gasteiger partial charge in [-0.2, -0.15) is 0 Å². The first-order valence-corrected chi connectivity index (χ1v) is 6.12. The number of benzene rings is 1. The van der Waals surface area contributed by atoms with Gasteiger partial charge in [-0.3, -0.25) is 4.79 Å². The third kappa shape index (κ3) is 4.33. The lowest BCUT2D eigenvalue weighted by atomic mass is 10.1. The Kier molecular flexibility index (Phi) is 5.49. The van der Waals surface area contributed by atoms with E-state index in [1.54, 1.807) is 7.05 Å². The van der Waals surface area contributed by atoms with Crippen molar-refractivity contribution in [2.24, 2.45) is 0 Å². The maximum atomic E-state index is 11.0. The molecule has 0 heterocycles. The fraction of sp³-hybridized carbons (Fsp3) is 0.417. The Morgan fingerprint density at radius 2 is 2.25 bits per heavy atom. The van der Waals surface area contributed by atoms with Gasteiger partial charge in [0.15, 0.2) is 0 Å². The van der Waals surface area contributed by atoms with Crippen LogP contribution in [0.3, 0.4) is 0 Å². The van der Waals surface area contributed by atoms with Gasteiger partial charge in [0.1, 0.15) is 0 Å². The zero-order valence-corrected chi connectivity index (χ0v) is 11.2. The predicted molar refractivity (Wildman–Crippen MR) is 69.2 cm³/mol. The number of amides is 1. The monoisotopic (exact) mass is 284 g/mol. The van der Waals surface area contributed by atoms with Gasteiger partial charge in [-0.05, 0) is 24.6 Å². The van der Waals surface area contributed by atoms with Crippen LogP contribution in [-0.4, -0.2) is 19.5 Å². The SMILES string of the molecule is CNC(=O)CCN[C@H](C)c1cccc(Br)c1. The minimum Gasteiger partial charge on any atom is -0.359 e. The van der Waals surface area contributed by atoms with Gasteiger partial charge in [-0.25, -0.2) is 0 Å². The molecule has 88 valence electrons. The maximum absolute atomic E-state index is 11.0. The molecule has 4 heteroatoms. The Hall–Kier alpha value is -0.870. The number of hydrogen-bond acceptors (Lipinski definition) is 2. The molecule has 0 aromatic heterocycles. The molecule has 1 amide bonds. The van der Waals surface area contributed by atoms with Gasteiger partial charge in [0.2, 0.25) is 5.91 Å². The lowest BCUT2D eigenvalue weighted by Gasteiger charge is -2.14. The van der Waals surface area contributed by atoms with Gasteiger partial charge >= 0.3 is 0 Å². The third-order valence-electron chi connectivity index (χ3n) is 2.43. The summed E-state index contributed by atoms with van der Waals surface area (Å²) in [6, 6.07) is 8.42. The predicted octanol–water partition coefficient (Wildman–Crippen LogP) is 2.24. The molecule has 0 aliphatic carbocycles. The maximum Gasteiger partial charge on any atom is 0.221 e. The van der Waals surface area contributed by atoms with Crippen LogP contribution in [0.4, 0.5) is 0 Å². The summed E-state index contributed by atoms with van der Waals surface area (Å²) < 4.78 is 1.07. The molecule has 3 nitrogen and oxygen atoms in total. The zero-order chi connectivity index (χ0) is 12.0. The van der Waals surface area contributed by atoms with Gasteiger partial charge in [0.05, 0.1) is 0 Å². The molecule has 0 bridgehead atoms. The highest BCUT2D eigenvalue weighted by Gasteiger charge is 2.05. The van der Waals surface area contributed by atoms with E-state index in [9.17, 15) is 4.79 Å². The molecule has 0 spiro atoms. The molecule has 0 unspecified atom stereocenters. The minimum absolute atomic E-state index is 0.0638. The van der Waals surface area contributed by atoms with Crippen LogP contribution in [0.2, 0.25) is 0 Å². The highest BCUT2D eigenvalue weighted by Crippen LogP contribution is 2.17. The van der Waals surface area contributed by atoms with Crippen molar-refractivity contribution in [1.29, 1.82) is 0 Å². The highest BCUT2D eigenvalue weighted by atomic mass is 79.9. The Morgan fingerprint density at radius 3 is 2.88 bits per heavy atom. The fourth-order valence-electron chi connectivity index (χ4n) is 1.42. The number of rotatable bonds is 5. The van der Waals surface area contributed by atoms with Crippen LogP contribution in [0.1, 0.15) is 24.9 Å². The quantitative estimate of drug-likeness (QED) is 0.871. The van der Waals surface area contributed by atoms with Crippen LogP contribution in [0.5, 0.6) is 0 Å². The Labute approximate surface area is 105 Å². The van der Waals surface area contributed by atoms with Crippen LogP contribution >= 0.6 is 15.9 Å². The number of hydrogen-bond donors (Lipinski definition) is 2. The Bertz CT molecular complexity index is 355. The van der Waals surface area contributed by atoms with E-state index in [0.29, 0.717) is 13.0 Å². The van der Waals surface area contributed by atoms with Gasteiger partial charge in [0.25, 0.3) is 0 Å². The Morgan fingerprint density at radius 1 is 1.50 bits per heavy atom. The first-order chi connectivity index (χ1) is 7.63. The van der Waals surface area contributed by atoms with Gasteiger partial charge in [-0.1, -0.05) is 28.1 Å². The lowest BCUT2D eigenvalue weighted by Crippen LogP contribution is -2.26. The molecule has 0 radical (unpaired) electrons. The number of nitrogens with one attached hydrogen (secondary N) is 2. The summed E-state index contributed by atoms with van der Waals surface area (Å²) in [4.78, 5) is 11.0. The topological polar surface area (TPSA) is 41.1 Å². The van der Waals surface area contributed by atoms with Crippen molar-refractivity contribution in [2.45, 2.75) is 19.4 Å². The molecule has 0 saturated carbocycles. The summed E-state index contributed by atoms with van der Waals surface area (Å²) in [6.45, 7) is 2.78. The molecular formula is C12H17BrN2O. The van der Waals surface area contributed by atoms with Crippen molar-refractivity contribution in [3.63, 3.8) is 0 Å². The zero-order valence-electron chi connectivity index (χ0n) is 9.59. The van der Waals surface area contributed by atoms with Crippen LogP contribution in [0.15, 0.2) is 28.7 Å². The van der Waals surface area contributed by atoms with Crippen molar-refractivity contribution >= 4 is 21.8 Å². The summed E-state index contributed by atoms with van der Waals surface area (Å²) in [5.41, 5.74) is 1.21. The molecule has 0 fully saturated rings. The van der Waals surface area contributed by atoms with E-state index in [1.807, 2.05) is 12.1 Å². The van der Waals surface area contributed by atoms with E-state index < -0.39 is 0 Å². The van der Waals surface area contributed by atoms with E-state index in [0.717, 1.165) is 4.47 Å². The van der Waals surface area contributed by atoms with E-state index in [4.69, 9.17) is 0 Å². The molecule has 1 aromatic carbocycles. The molecular weight excluding hydrogens is 268 g/mol. The van der Waals surface area contributed by atoms with Gasteiger partial charge < -0.3 is 10.6 Å².